The molecule has 0 radical (unpaired) electrons. The lowest BCUT2D eigenvalue weighted by Gasteiger charge is -1.96. The number of hydrazone groups is 1. The second-order valence-corrected chi connectivity index (χ2v) is 4.72. The van der Waals surface area contributed by atoms with E-state index in [0.717, 1.165) is 0 Å². The fraction of sp³-hybridized carbons (Fsp3) is 0.125. The molecule has 7 nitrogen and oxygen atoms in total. The lowest BCUT2D eigenvalue weighted by atomic mass is 10.2. The third-order valence-electron chi connectivity index (χ3n) is 3.02. The molecule has 7 heteroatoms. The highest BCUT2D eigenvalue weighted by molar-refractivity contribution is 5.95. The Hall–Kier alpha value is -3.22. The second-order valence-electron chi connectivity index (χ2n) is 4.72. The van der Waals surface area contributed by atoms with Gasteiger partial charge in [-0.15, -0.1) is 0 Å². The maximum Gasteiger partial charge on any atom is 0.276 e. The highest BCUT2D eigenvalue weighted by Gasteiger charge is 2.12. The van der Waals surface area contributed by atoms with E-state index in [1.165, 1.54) is 18.4 Å². The van der Waals surface area contributed by atoms with Crippen molar-refractivity contribution < 1.29 is 14.1 Å². The first-order valence-corrected chi connectivity index (χ1v) is 6.79. The van der Waals surface area contributed by atoms with E-state index in [1.54, 1.807) is 44.2 Å². The first-order valence-electron chi connectivity index (χ1n) is 6.79. The van der Waals surface area contributed by atoms with Crippen molar-refractivity contribution in [3.8, 4) is 0 Å². The Labute approximate surface area is 132 Å². The first-order chi connectivity index (χ1) is 11.0. The van der Waals surface area contributed by atoms with E-state index < -0.39 is 4.92 Å². The van der Waals surface area contributed by atoms with Crippen LogP contribution in [-0.2, 0) is 0 Å². The minimum atomic E-state index is -0.456. The number of carbonyl (C=O) groups is 1. The maximum absolute atomic E-state index is 11.9. The van der Waals surface area contributed by atoms with Crippen LogP contribution in [0.25, 0.3) is 6.08 Å². The molecule has 0 unspecified atom stereocenters. The van der Waals surface area contributed by atoms with E-state index in [4.69, 9.17) is 4.42 Å². The van der Waals surface area contributed by atoms with Gasteiger partial charge < -0.3 is 4.42 Å². The van der Waals surface area contributed by atoms with Crippen LogP contribution in [-0.4, -0.2) is 17.0 Å². The predicted molar refractivity (Wildman–Crippen MR) is 86.3 cm³/mol. The molecule has 0 atom stereocenters. The van der Waals surface area contributed by atoms with Crippen LogP contribution in [0.1, 0.15) is 27.4 Å². The molecule has 1 aromatic heterocycles. The van der Waals surface area contributed by atoms with Crippen LogP contribution in [0.4, 0.5) is 5.69 Å². The summed E-state index contributed by atoms with van der Waals surface area (Å²) >= 11 is 0. The van der Waals surface area contributed by atoms with E-state index in [2.05, 4.69) is 10.5 Å². The molecule has 23 heavy (non-hydrogen) atoms. The molecule has 118 valence electrons. The van der Waals surface area contributed by atoms with Gasteiger partial charge in [-0.3, -0.25) is 14.9 Å². The Kier molecular flexibility index (Phi) is 5.03. The molecule has 0 aliphatic heterocycles. The summed E-state index contributed by atoms with van der Waals surface area (Å²) in [5.74, 6) is 0.785. The number of hydrogen-bond acceptors (Lipinski definition) is 5. The molecule has 2 rings (SSSR count). The number of carbonyl (C=O) groups excluding carboxylic acids is 1. The monoisotopic (exact) mass is 313 g/mol. The van der Waals surface area contributed by atoms with Gasteiger partial charge in [0.1, 0.15) is 11.5 Å². The highest BCUT2D eigenvalue weighted by atomic mass is 16.6. The van der Waals surface area contributed by atoms with Crippen LogP contribution < -0.4 is 5.43 Å². The van der Waals surface area contributed by atoms with Crippen molar-refractivity contribution >= 4 is 23.9 Å². The Morgan fingerprint density at radius 2 is 2.09 bits per heavy atom. The lowest BCUT2D eigenvalue weighted by molar-refractivity contribution is -0.385. The van der Waals surface area contributed by atoms with E-state index in [-0.39, 0.29) is 11.6 Å². The number of nitro benzene ring substituents is 1. The van der Waals surface area contributed by atoms with Crippen LogP contribution in [0, 0.1) is 24.0 Å². The predicted octanol–water partition coefficient (Wildman–Crippen LogP) is 3.23. The standard InChI is InChI=1S/C16H15N3O4/c1-11-10-14(12(2)23-11)16(20)18-17-9-5-7-13-6-3-4-8-15(13)19(21)22/h3-10H,1-2H3,(H,18,20)/b7-5+,17-9?. The quantitative estimate of drug-likeness (QED) is 0.520. The number of benzene rings is 1. The fourth-order valence-corrected chi connectivity index (χ4v) is 2.00. The van der Waals surface area contributed by atoms with Crippen LogP contribution >= 0.6 is 0 Å². The number of nitro groups is 1. The van der Waals surface area contributed by atoms with Gasteiger partial charge >= 0.3 is 0 Å². The number of aryl methyl sites for hydroxylation is 2. The minimum absolute atomic E-state index is 0.00526. The van der Waals surface area contributed by atoms with Crippen LogP contribution in [0.2, 0.25) is 0 Å². The Balaban J connectivity index is 1.98. The molecular formula is C16H15N3O4. The van der Waals surface area contributed by atoms with E-state index >= 15 is 0 Å². The number of furan rings is 1. The van der Waals surface area contributed by atoms with Crippen molar-refractivity contribution in [1.82, 2.24) is 5.43 Å². The second kappa shape index (κ2) is 7.17. The number of amides is 1. The molecule has 1 heterocycles. The molecule has 0 bridgehead atoms. The number of nitrogens with one attached hydrogen (secondary N) is 1. The van der Waals surface area contributed by atoms with Crippen molar-refractivity contribution in [1.29, 1.82) is 0 Å². The molecule has 0 saturated carbocycles. The minimum Gasteiger partial charge on any atom is -0.466 e. The lowest BCUT2D eigenvalue weighted by Crippen LogP contribution is -2.17. The summed E-state index contributed by atoms with van der Waals surface area (Å²) in [6, 6.07) is 7.97. The zero-order chi connectivity index (χ0) is 16.8. The number of para-hydroxylation sites is 1. The zero-order valence-corrected chi connectivity index (χ0v) is 12.6. The summed E-state index contributed by atoms with van der Waals surface area (Å²) in [5.41, 5.74) is 3.24. The Bertz CT molecular complexity index is 790. The first kappa shape index (κ1) is 16.2. The zero-order valence-electron chi connectivity index (χ0n) is 12.6. The molecule has 2 aromatic rings. The topological polar surface area (TPSA) is 97.7 Å². The SMILES string of the molecule is Cc1cc(C(=O)NN=C/C=C/c2ccccc2[N+](=O)[O-])c(C)o1. The number of hydrogen-bond donors (Lipinski definition) is 1. The fourth-order valence-electron chi connectivity index (χ4n) is 2.00. The number of allylic oxidation sites excluding steroid dienone is 1. The van der Waals surface area contributed by atoms with Crippen molar-refractivity contribution in [2.75, 3.05) is 0 Å². The van der Waals surface area contributed by atoms with Crippen LogP contribution in [0.15, 0.2) is 45.9 Å². The Morgan fingerprint density at radius 1 is 1.35 bits per heavy atom. The summed E-state index contributed by atoms with van der Waals surface area (Å²) in [4.78, 5) is 22.3. The van der Waals surface area contributed by atoms with E-state index in [9.17, 15) is 14.9 Å². The summed E-state index contributed by atoms with van der Waals surface area (Å²) in [5, 5.41) is 14.6. The number of nitrogens with zero attached hydrogens (tertiary/aromatic N) is 2. The highest BCUT2D eigenvalue weighted by Crippen LogP contribution is 2.18. The Morgan fingerprint density at radius 3 is 2.74 bits per heavy atom. The molecular weight excluding hydrogens is 298 g/mol. The van der Waals surface area contributed by atoms with Crippen molar-refractivity contribution in [2.45, 2.75) is 13.8 Å². The average Bonchev–Trinajstić information content (AvgIpc) is 2.85. The summed E-state index contributed by atoms with van der Waals surface area (Å²) in [6.45, 7) is 3.45. The normalized spacial score (nSPS) is 11.2. The van der Waals surface area contributed by atoms with Gasteiger partial charge in [0.25, 0.3) is 11.6 Å². The molecule has 0 aliphatic rings. The summed E-state index contributed by atoms with van der Waals surface area (Å²) in [7, 11) is 0. The van der Waals surface area contributed by atoms with Crippen LogP contribution in [0.3, 0.4) is 0 Å². The van der Waals surface area contributed by atoms with Gasteiger partial charge in [0.15, 0.2) is 0 Å². The van der Waals surface area contributed by atoms with Gasteiger partial charge in [-0.1, -0.05) is 12.1 Å². The average molecular weight is 313 g/mol. The van der Waals surface area contributed by atoms with Gasteiger partial charge in [0, 0.05) is 12.3 Å². The molecule has 1 N–H and O–H groups in total. The van der Waals surface area contributed by atoms with Crippen molar-refractivity contribution in [2.24, 2.45) is 5.10 Å². The van der Waals surface area contributed by atoms with Gasteiger partial charge in [0.05, 0.1) is 16.1 Å². The molecule has 0 saturated heterocycles. The molecule has 1 amide bonds. The van der Waals surface area contributed by atoms with Crippen LogP contribution in [0.5, 0.6) is 0 Å². The largest absolute Gasteiger partial charge is 0.466 e. The molecule has 0 fully saturated rings. The van der Waals surface area contributed by atoms with Gasteiger partial charge in [0.2, 0.25) is 0 Å². The third-order valence-corrected chi connectivity index (χ3v) is 3.02. The number of rotatable bonds is 5. The smallest absolute Gasteiger partial charge is 0.276 e. The van der Waals surface area contributed by atoms with Gasteiger partial charge in [-0.05, 0) is 38.1 Å². The molecule has 1 aromatic carbocycles. The summed E-state index contributed by atoms with van der Waals surface area (Å²) < 4.78 is 5.27. The van der Waals surface area contributed by atoms with Gasteiger partial charge in [-0.2, -0.15) is 5.10 Å². The van der Waals surface area contributed by atoms with Crippen molar-refractivity contribution in [3.05, 3.63) is 69.2 Å². The molecule has 0 aliphatic carbocycles. The maximum atomic E-state index is 11.9. The van der Waals surface area contributed by atoms with Crippen molar-refractivity contribution in [3.63, 3.8) is 0 Å². The molecule has 0 spiro atoms. The van der Waals surface area contributed by atoms with Gasteiger partial charge in [-0.25, -0.2) is 5.43 Å². The van der Waals surface area contributed by atoms with E-state index in [1.807, 2.05) is 0 Å². The summed E-state index contributed by atoms with van der Waals surface area (Å²) in [6.07, 6.45) is 4.40. The third kappa shape index (κ3) is 4.13. The van der Waals surface area contributed by atoms with E-state index in [0.29, 0.717) is 22.6 Å².